The summed E-state index contributed by atoms with van der Waals surface area (Å²) >= 11 is 0. The molecule has 2 aromatic carbocycles. The first kappa shape index (κ1) is 11.6. The monoisotopic (exact) mass is 260 g/mol. The van der Waals surface area contributed by atoms with E-state index in [1.54, 1.807) is 24.3 Å². The van der Waals surface area contributed by atoms with Gasteiger partial charge in [0, 0.05) is 0 Å². The minimum absolute atomic E-state index is 0.189. The first-order valence-electron chi connectivity index (χ1n) is 5.76. The number of H-pyrrole nitrogens is 1. The van der Waals surface area contributed by atoms with Gasteiger partial charge in [-0.15, -0.1) is 0 Å². The van der Waals surface area contributed by atoms with Crippen molar-refractivity contribution in [1.29, 1.82) is 0 Å². The van der Waals surface area contributed by atoms with E-state index in [2.05, 4.69) is 4.98 Å². The van der Waals surface area contributed by atoms with E-state index in [0.717, 1.165) is 5.56 Å². The molecule has 19 heavy (non-hydrogen) atoms. The van der Waals surface area contributed by atoms with Gasteiger partial charge in [-0.2, -0.15) is 0 Å². The average Bonchev–Trinajstić information content (AvgIpc) is 2.71. The van der Waals surface area contributed by atoms with E-state index in [0.29, 0.717) is 5.52 Å². The highest BCUT2D eigenvalue weighted by molar-refractivity contribution is 5.75. The van der Waals surface area contributed by atoms with Crippen LogP contribution in [0.5, 0.6) is 0 Å². The highest BCUT2D eigenvalue weighted by Gasteiger charge is 2.10. The predicted molar refractivity (Wildman–Crippen MR) is 68.0 cm³/mol. The topological polar surface area (TPSA) is 37.8 Å². The SMILES string of the molecule is O=c1[nH]c2c(F)cccc2n1Cc1ccc(F)cc1. The third kappa shape index (κ3) is 2.03. The van der Waals surface area contributed by atoms with Crippen LogP contribution >= 0.6 is 0 Å². The van der Waals surface area contributed by atoms with Crippen LogP contribution in [0, 0.1) is 11.6 Å². The maximum atomic E-state index is 13.5. The van der Waals surface area contributed by atoms with E-state index in [4.69, 9.17) is 0 Å². The van der Waals surface area contributed by atoms with Gasteiger partial charge in [0.1, 0.15) is 17.2 Å². The fraction of sp³-hybridized carbons (Fsp3) is 0.0714. The predicted octanol–water partition coefficient (Wildman–Crippen LogP) is 2.66. The van der Waals surface area contributed by atoms with Gasteiger partial charge in [-0.05, 0) is 29.8 Å². The molecule has 0 radical (unpaired) electrons. The highest BCUT2D eigenvalue weighted by Crippen LogP contribution is 2.15. The molecule has 0 spiro atoms. The number of fused-ring (bicyclic) bond motifs is 1. The Labute approximate surface area is 107 Å². The molecule has 0 unspecified atom stereocenters. The summed E-state index contributed by atoms with van der Waals surface area (Å²) < 4.78 is 27.8. The number of imidazole rings is 1. The minimum atomic E-state index is -0.465. The molecule has 1 heterocycles. The fourth-order valence-corrected chi connectivity index (χ4v) is 2.07. The molecule has 96 valence electrons. The van der Waals surface area contributed by atoms with Crippen LogP contribution in [0.4, 0.5) is 8.78 Å². The molecule has 3 rings (SSSR count). The smallest absolute Gasteiger partial charge is 0.303 e. The molecule has 1 aromatic heterocycles. The summed E-state index contributed by atoms with van der Waals surface area (Å²) in [5, 5.41) is 0. The molecular weight excluding hydrogens is 250 g/mol. The molecule has 5 heteroatoms. The van der Waals surface area contributed by atoms with E-state index < -0.39 is 5.82 Å². The molecule has 0 amide bonds. The van der Waals surface area contributed by atoms with E-state index in [-0.39, 0.29) is 23.6 Å². The van der Waals surface area contributed by atoms with E-state index in [1.165, 1.54) is 22.8 Å². The molecule has 0 atom stereocenters. The van der Waals surface area contributed by atoms with Gasteiger partial charge in [-0.1, -0.05) is 18.2 Å². The number of rotatable bonds is 2. The summed E-state index contributed by atoms with van der Waals surface area (Å²) in [7, 11) is 0. The van der Waals surface area contributed by atoms with Crippen LogP contribution in [-0.4, -0.2) is 9.55 Å². The van der Waals surface area contributed by atoms with Gasteiger partial charge in [-0.3, -0.25) is 4.57 Å². The summed E-state index contributed by atoms with van der Waals surface area (Å²) in [6, 6.07) is 10.4. The molecule has 0 aliphatic carbocycles. The quantitative estimate of drug-likeness (QED) is 0.755. The fourth-order valence-electron chi connectivity index (χ4n) is 2.07. The molecule has 1 N–H and O–H groups in total. The summed E-state index contributed by atoms with van der Waals surface area (Å²) in [5.74, 6) is -0.798. The van der Waals surface area contributed by atoms with Crippen molar-refractivity contribution in [3.63, 3.8) is 0 Å². The van der Waals surface area contributed by atoms with Crippen LogP contribution in [0.2, 0.25) is 0 Å². The number of aromatic amines is 1. The summed E-state index contributed by atoms with van der Waals surface area (Å²) in [4.78, 5) is 14.3. The minimum Gasteiger partial charge on any atom is -0.303 e. The van der Waals surface area contributed by atoms with Crippen LogP contribution in [0.15, 0.2) is 47.3 Å². The molecular formula is C14H10F2N2O. The van der Waals surface area contributed by atoms with E-state index in [9.17, 15) is 13.6 Å². The molecule has 3 aromatic rings. The van der Waals surface area contributed by atoms with Crippen LogP contribution < -0.4 is 5.69 Å². The van der Waals surface area contributed by atoms with Gasteiger partial charge in [-0.25, -0.2) is 13.6 Å². The number of halogens is 2. The third-order valence-electron chi connectivity index (χ3n) is 3.01. The summed E-state index contributed by atoms with van der Waals surface area (Å²) in [6.45, 7) is 0.266. The normalized spacial score (nSPS) is 11.1. The zero-order valence-corrected chi connectivity index (χ0v) is 9.86. The van der Waals surface area contributed by atoms with E-state index in [1.807, 2.05) is 0 Å². The van der Waals surface area contributed by atoms with Crippen molar-refractivity contribution in [1.82, 2.24) is 9.55 Å². The number of hydrogen-bond acceptors (Lipinski definition) is 1. The van der Waals surface area contributed by atoms with Crippen molar-refractivity contribution in [2.24, 2.45) is 0 Å². The highest BCUT2D eigenvalue weighted by atomic mass is 19.1. The second-order valence-corrected chi connectivity index (χ2v) is 4.28. The molecule has 0 saturated heterocycles. The van der Waals surface area contributed by atoms with Gasteiger partial charge < -0.3 is 4.98 Å². The van der Waals surface area contributed by atoms with Gasteiger partial charge in [0.15, 0.2) is 0 Å². The van der Waals surface area contributed by atoms with Gasteiger partial charge in [0.05, 0.1) is 12.1 Å². The molecule has 0 saturated carbocycles. The lowest BCUT2D eigenvalue weighted by atomic mass is 10.2. The second kappa shape index (κ2) is 4.35. The van der Waals surface area contributed by atoms with Crippen molar-refractivity contribution in [3.8, 4) is 0 Å². The van der Waals surface area contributed by atoms with Crippen molar-refractivity contribution in [2.75, 3.05) is 0 Å². The van der Waals surface area contributed by atoms with Crippen LogP contribution in [0.3, 0.4) is 0 Å². The van der Waals surface area contributed by atoms with Crippen molar-refractivity contribution in [3.05, 3.63) is 70.1 Å². The van der Waals surface area contributed by atoms with Crippen molar-refractivity contribution < 1.29 is 8.78 Å². The maximum Gasteiger partial charge on any atom is 0.326 e. The zero-order chi connectivity index (χ0) is 13.4. The number of hydrogen-bond donors (Lipinski definition) is 1. The first-order valence-corrected chi connectivity index (χ1v) is 5.76. The van der Waals surface area contributed by atoms with Crippen molar-refractivity contribution in [2.45, 2.75) is 6.54 Å². The number of aromatic nitrogens is 2. The lowest BCUT2D eigenvalue weighted by Crippen LogP contribution is -2.17. The first-order chi connectivity index (χ1) is 9.15. The standard InChI is InChI=1S/C14H10F2N2O/c15-10-6-4-9(5-7-10)8-18-12-3-1-2-11(16)13(12)17-14(18)19/h1-7H,8H2,(H,17,19). The van der Waals surface area contributed by atoms with Crippen LogP contribution in [0.1, 0.15) is 5.56 Å². The number of para-hydroxylation sites is 1. The Balaban J connectivity index is 2.10. The van der Waals surface area contributed by atoms with Crippen LogP contribution in [0.25, 0.3) is 11.0 Å². The molecule has 0 fully saturated rings. The Morgan fingerprint density at radius 1 is 1.05 bits per heavy atom. The van der Waals surface area contributed by atoms with Gasteiger partial charge >= 0.3 is 5.69 Å². The Morgan fingerprint density at radius 3 is 2.53 bits per heavy atom. The second-order valence-electron chi connectivity index (χ2n) is 4.28. The molecule has 0 aliphatic rings. The Morgan fingerprint density at radius 2 is 1.79 bits per heavy atom. The Bertz CT molecular complexity index is 787. The third-order valence-corrected chi connectivity index (χ3v) is 3.01. The molecule has 0 aliphatic heterocycles. The number of benzene rings is 2. The Hall–Kier alpha value is -2.43. The lowest BCUT2D eigenvalue weighted by molar-refractivity contribution is 0.626. The Kier molecular flexibility index (Phi) is 2.67. The van der Waals surface area contributed by atoms with Crippen LogP contribution in [-0.2, 0) is 6.54 Å². The lowest BCUT2D eigenvalue weighted by Gasteiger charge is -2.03. The number of nitrogens with one attached hydrogen (secondary N) is 1. The van der Waals surface area contributed by atoms with Gasteiger partial charge in [0.25, 0.3) is 0 Å². The number of nitrogens with zero attached hydrogens (tertiary/aromatic N) is 1. The maximum absolute atomic E-state index is 13.5. The largest absolute Gasteiger partial charge is 0.326 e. The van der Waals surface area contributed by atoms with Crippen molar-refractivity contribution >= 4 is 11.0 Å². The molecule has 3 nitrogen and oxygen atoms in total. The molecule has 0 bridgehead atoms. The zero-order valence-electron chi connectivity index (χ0n) is 9.86. The average molecular weight is 260 g/mol. The summed E-state index contributed by atoms with van der Waals surface area (Å²) in [5.41, 5.74) is 1.07. The van der Waals surface area contributed by atoms with Gasteiger partial charge in [0.2, 0.25) is 0 Å². The summed E-state index contributed by atoms with van der Waals surface area (Å²) in [6.07, 6.45) is 0. The van der Waals surface area contributed by atoms with E-state index >= 15 is 0 Å².